The number of nitrogens with zero attached hydrogens (tertiary/aromatic N) is 2. The number of Topliss-reactive ketones (excluding diaryl/α,β-unsaturated/α-hetero) is 1. The van der Waals surface area contributed by atoms with Gasteiger partial charge in [0.25, 0.3) is 5.91 Å². The lowest BCUT2D eigenvalue weighted by Crippen LogP contribution is -2.52. The number of esters is 2. The van der Waals surface area contributed by atoms with Gasteiger partial charge in [-0.2, -0.15) is 0 Å². The van der Waals surface area contributed by atoms with E-state index < -0.39 is 59.1 Å². The molecule has 0 aliphatic rings. The van der Waals surface area contributed by atoms with Gasteiger partial charge in [-0.1, -0.05) is 0 Å². The Morgan fingerprint density at radius 3 is 1.44 bits per heavy atom. The highest BCUT2D eigenvalue weighted by molar-refractivity contribution is 6.04. The van der Waals surface area contributed by atoms with Gasteiger partial charge in [0.05, 0.1) is 13.7 Å². The minimum atomic E-state index is -1.37. The summed E-state index contributed by atoms with van der Waals surface area (Å²) in [6.07, 6.45) is -1.52. The Kier molecular flexibility index (Phi) is 14.4. The first-order chi connectivity index (χ1) is 16.2. The molecule has 0 aromatic carbocycles. The molecule has 0 aliphatic heterocycles. The molecular formula is C23H41N3O10. The first-order valence-corrected chi connectivity index (χ1v) is 11.1. The standard InChI is InChI=1S/C12H21NO5.C11H20N2O5/c1-7-17-10(15)9(8(2)14)13(6)11(16)18-12(3,4)5;1-11(2,3)18-10(16)13(5)7(8(14)12-4)9(15)17-6/h9H,7H2,1-6H3;7H,1-6H3,(H,12,14). The Balaban J connectivity index is 0. The van der Waals surface area contributed by atoms with Gasteiger partial charge in [-0.15, -0.1) is 0 Å². The van der Waals surface area contributed by atoms with Crippen LogP contribution in [0.4, 0.5) is 9.59 Å². The minimum Gasteiger partial charge on any atom is -0.467 e. The highest BCUT2D eigenvalue weighted by Crippen LogP contribution is 2.13. The molecule has 0 rings (SSSR count). The molecule has 0 spiro atoms. The smallest absolute Gasteiger partial charge is 0.411 e. The van der Waals surface area contributed by atoms with E-state index in [1.807, 2.05) is 0 Å². The molecule has 0 aromatic rings. The Morgan fingerprint density at radius 2 is 1.17 bits per heavy atom. The number of hydrogen-bond acceptors (Lipinski definition) is 10. The Bertz CT molecular complexity index is 783. The van der Waals surface area contributed by atoms with Gasteiger partial charge in [-0.05, 0) is 55.4 Å². The van der Waals surface area contributed by atoms with Crippen LogP contribution in [0.2, 0.25) is 0 Å². The molecule has 0 bridgehead atoms. The lowest BCUT2D eigenvalue weighted by Gasteiger charge is -2.28. The average Bonchev–Trinajstić information content (AvgIpc) is 2.71. The number of likely N-dealkylation sites (N-methyl/N-ethyl adjacent to an activating group) is 3. The van der Waals surface area contributed by atoms with E-state index >= 15 is 0 Å². The van der Waals surface area contributed by atoms with Gasteiger partial charge in [0, 0.05) is 21.1 Å². The van der Waals surface area contributed by atoms with Gasteiger partial charge in [-0.3, -0.25) is 19.4 Å². The van der Waals surface area contributed by atoms with E-state index in [2.05, 4.69) is 10.1 Å². The summed E-state index contributed by atoms with van der Waals surface area (Å²) in [5.74, 6) is -2.70. The van der Waals surface area contributed by atoms with E-state index in [9.17, 15) is 28.8 Å². The predicted octanol–water partition coefficient (Wildman–Crippen LogP) is 1.51. The fourth-order valence-corrected chi connectivity index (χ4v) is 2.39. The molecule has 2 atom stereocenters. The van der Waals surface area contributed by atoms with Crippen molar-refractivity contribution in [2.24, 2.45) is 0 Å². The summed E-state index contributed by atoms with van der Waals surface area (Å²) in [5.41, 5.74) is -1.41. The zero-order valence-electron chi connectivity index (χ0n) is 23.3. The summed E-state index contributed by atoms with van der Waals surface area (Å²) in [6.45, 7) is 13.2. The maximum Gasteiger partial charge on any atom is 0.411 e. The van der Waals surface area contributed by atoms with E-state index in [0.29, 0.717) is 0 Å². The van der Waals surface area contributed by atoms with Crippen molar-refractivity contribution in [2.45, 2.75) is 78.7 Å². The van der Waals surface area contributed by atoms with Crippen LogP contribution in [0.5, 0.6) is 0 Å². The molecule has 0 heterocycles. The molecule has 36 heavy (non-hydrogen) atoms. The lowest BCUT2D eigenvalue weighted by molar-refractivity contribution is -0.152. The fraction of sp³-hybridized carbons (Fsp3) is 0.739. The van der Waals surface area contributed by atoms with Crippen molar-refractivity contribution in [1.29, 1.82) is 0 Å². The molecule has 0 saturated carbocycles. The number of nitrogens with one attached hydrogen (secondary N) is 1. The quantitative estimate of drug-likeness (QED) is 0.297. The summed E-state index contributed by atoms with van der Waals surface area (Å²) >= 11 is 0. The molecule has 0 radical (unpaired) electrons. The molecule has 13 heteroatoms. The van der Waals surface area contributed by atoms with Crippen molar-refractivity contribution in [3.05, 3.63) is 0 Å². The number of rotatable bonds is 7. The van der Waals surface area contributed by atoms with E-state index in [0.717, 1.165) is 16.9 Å². The predicted molar refractivity (Wildman–Crippen MR) is 129 cm³/mol. The Morgan fingerprint density at radius 1 is 0.778 bits per heavy atom. The summed E-state index contributed by atoms with van der Waals surface area (Å²) in [6, 6.07) is -2.63. The zero-order chi connectivity index (χ0) is 29.0. The van der Waals surface area contributed by atoms with Gasteiger partial charge in [-0.25, -0.2) is 19.2 Å². The van der Waals surface area contributed by atoms with Crippen LogP contribution in [0.15, 0.2) is 0 Å². The van der Waals surface area contributed by atoms with Crippen molar-refractivity contribution < 1.29 is 47.7 Å². The zero-order valence-corrected chi connectivity index (χ0v) is 23.3. The average molecular weight is 520 g/mol. The third-order valence-electron chi connectivity index (χ3n) is 3.95. The number of ether oxygens (including phenoxy) is 4. The molecule has 0 saturated heterocycles. The first kappa shape index (κ1) is 34.8. The number of carbonyl (C=O) groups is 6. The van der Waals surface area contributed by atoms with Crippen LogP contribution in [0.25, 0.3) is 0 Å². The SMILES string of the molecule is CCOC(=O)C(C(C)=O)N(C)C(=O)OC(C)(C)C.CNC(=O)C(C(=O)OC)N(C)C(=O)OC(C)(C)C. The molecule has 0 aromatic heterocycles. The van der Waals surface area contributed by atoms with Crippen LogP contribution in [-0.2, 0) is 38.1 Å². The highest BCUT2D eigenvalue weighted by atomic mass is 16.6. The van der Waals surface area contributed by atoms with Crippen LogP contribution in [0.1, 0.15) is 55.4 Å². The lowest BCUT2D eigenvalue weighted by atomic mass is 10.2. The minimum absolute atomic E-state index is 0.144. The van der Waals surface area contributed by atoms with Crippen molar-refractivity contribution in [3.63, 3.8) is 0 Å². The van der Waals surface area contributed by atoms with Gasteiger partial charge in [0.2, 0.25) is 6.04 Å². The summed E-state index contributed by atoms with van der Waals surface area (Å²) in [5, 5.41) is 2.29. The van der Waals surface area contributed by atoms with Gasteiger partial charge < -0.3 is 24.3 Å². The fourth-order valence-electron chi connectivity index (χ4n) is 2.39. The van der Waals surface area contributed by atoms with Crippen LogP contribution >= 0.6 is 0 Å². The summed E-state index contributed by atoms with van der Waals surface area (Å²) < 4.78 is 19.4. The Labute approximate surface area is 212 Å². The van der Waals surface area contributed by atoms with E-state index in [4.69, 9.17) is 14.2 Å². The monoisotopic (exact) mass is 519 g/mol. The number of ketones is 1. The molecule has 0 fully saturated rings. The maximum absolute atomic E-state index is 11.8. The molecule has 3 amide bonds. The number of amides is 3. The topological polar surface area (TPSA) is 158 Å². The van der Waals surface area contributed by atoms with Crippen molar-refractivity contribution in [3.8, 4) is 0 Å². The highest BCUT2D eigenvalue weighted by Gasteiger charge is 2.36. The normalized spacial score (nSPS) is 12.4. The number of hydrogen-bond donors (Lipinski definition) is 1. The van der Waals surface area contributed by atoms with Gasteiger partial charge in [0.15, 0.2) is 11.8 Å². The third-order valence-corrected chi connectivity index (χ3v) is 3.95. The molecule has 2 unspecified atom stereocenters. The maximum atomic E-state index is 11.8. The molecular weight excluding hydrogens is 478 g/mol. The van der Waals surface area contributed by atoms with Crippen molar-refractivity contribution in [1.82, 2.24) is 15.1 Å². The Hall–Kier alpha value is -3.38. The second-order valence-corrected chi connectivity index (χ2v) is 9.49. The van der Waals surface area contributed by atoms with Crippen molar-refractivity contribution in [2.75, 3.05) is 34.9 Å². The third kappa shape index (κ3) is 12.9. The van der Waals surface area contributed by atoms with E-state index in [-0.39, 0.29) is 6.61 Å². The van der Waals surface area contributed by atoms with Gasteiger partial charge in [0.1, 0.15) is 11.2 Å². The van der Waals surface area contributed by atoms with Crippen LogP contribution in [0.3, 0.4) is 0 Å². The summed E-state index contributed by atoms with van der Waals surface area (Å²) in [4.78, 5) is 71.4. The number of methoxy groups -OCH3 is 1. The van der Waals surface area contributed by atoms with Crippen molar-refractivity contribution >= 4 is 35.8 Å². The van der Waals surface area contributed by atoms with E-state index in [1.165, 1.54) is 28.1 Å². The van der Waals surface area contributed by atoms with Crippen LogP contribution < -0.4 is 5.32 Å². The molecule has 13 nitrogen and oxygen atoms in total. The molecule has 208 valence electrons. The first-order valence-electron chi connectivity index (χ1n) is 11.1. The van der Waals surface area contributed by atoms with Gasteiger partial charge >= 0.3 is 24.1 Å². The second kappa shape index (κ2) is 14.9. The van der Waals surface area contributed by atoms with Crippen LogP contribution in [0, 0.1) is 0 Å². The van der Waals surface area contributed by atoms with Crippen LogP contribution in [-0.4, -0.2) is 104 Å². The molecule has 0 aliphatic carbocycles. The van der Waals surface area contributed by atoms with E-state index in [1.54, 1.807) is 48.5 Å². The largest absolute Gasteiger partial charge is 0.467 e. The molecule has 1 N–H and O–H groups in total. The summed E-state index contributed by atoms with van der Waals surface area (Å²) in [7, 11) is 5.13. The second-order valence-electron chi connectivity index (χ2n) is 9.49. The number of carbonyl (C=O) groups excluding carboxylic acids is 6.